The molecule has 3 aliphatic rings. The minimum atomic E-state index is -3.80. The number of piperazine rings is 1. The molecule has 2 N–H and O–H groups in total. The number of benzene rings is 4. The predicted octanol–water partition coefficient (Wildman–Crippen LogP) is 8.16. The van der Waals surface area contributed by atoms with Crippen LogP contribution >= 0.6 is 0 Å². The fourth-order valence-electron chi connectivity index (χ4n) is 9.99. The molecule has 4 aromatic carbocycles. The molecule has 1 saturated heterocycles. The maximum Gasteiger partial charge on any atom is 0.349 e. The van der Waals surface area contributed by atoms with Crippen molar-refractivity contribution in [3.05, 3.63) is 147 Å². The van der Waals surface area contributed by atoms with Gasteiger partial charge in [0.15, 0.2) is 0 Å². The molecule has 0 unspecified atom stereocenters. The number of nitrogens with one attached hydrogen (secondary N) is 1. The second kappa shape index (κ2) is 17.5. The number of phenols is 1. The van der Waals surface area contributed by atoms with E-state index >= 15 is 13.6 Å². The summed E-state index contributed by atoms with van der Waals surface area (Å²) in [6.45, 7) is 9.25. The van der Waals surface area contributed by atoms with E-state index in [2.05, 4.69) is 34.3 Å². The summed E-state index contributed by atoms with van der Waals surface area (Å²) in [5, 5.41) is 23.1. The van der Waals surface area contributed by atoms with Gasteiger partial charge in [0.25, 0.3) is 17.7 Å². The number of aromatic hydroxyl groups is 1. The van der Waals surface area contributed by atoms with E-state index < -0.39 is 17.7 Å². The SMILES string of the molecule is Cc1c(-c2c(C(=O)Nc3ccc(O)cc3)c(C)n(C)c2-c2cc3c(cc2C(=O)N2Cc4ccccc4C[C@H]2C)CN(C(=O)C(F)(F)c2ccc(N4CCN(C)CC4)cc2)CC3)cc(C#N)n1C. The number of hydrogen-bond donors (Lipinski definition) is 2. The third kappa shape index (κ3) is 8.11. The zero-order valence-corrected chi connectivity index (χ0v) is 38.7. The van der Waals surface area contributed by atoms with Crippen molar-refractivity contribution >= 4 is 29.1 Å². The molecule has 0 aliphatic carbocycles. The number of amides is 3. The Balaban J connectivity index is 1.15. The zero-order chi connectivity index (χ0) is 47.5. The Labute approximate surface area is 389 Å². The van der Waals surface area contributed by atoms with Gasteiger partial charge in [0, 0.05) is 117 Å². The van der Waals surface area contributed by atoms with Gasteiger partial charge in [-0.3, -0.25) is 14.4 Å². The minimum absolute atomic E-state index is 0.0239. The van der Waals surface area contributed by atoms with Gasteiger partial charge in [0.05, 0.1) is 11.3 Å². The van der Waals surface area contributed by atoms with Gasteiger partial charge in [-0.2, -0.15) is 14.0 Å². The van der Waals surface area contributed by atoms with Crippen molar-refractivity contribution in [2.75, 3.05) is 50.0 Å². The smallest absolute Gasteiger partial charge is 0.349 e. The molecule has 3 aliphatic heterocycles. The van der Waals surface area contributed by atoms with Crippen LogP contribution in [0.4, 0.5) is 20.2 Å². The normalized spacial score (nSPS) is 16.3. The number of likely N-dealkylation sites (N-methyl/N-ethyl adjacent to an activating group) is 1. The molecule has 0 radical (unpaired) electrons. The number of rotatable bonds is 8. The molecule has 0 spiro atoms. The number of aromatic nitrogens is 2. The second-order valence-corrected chi connectivity index (χ2v) is 18.3. The zero-order valence-electron chi connectivity index (χ0n) is 38.7. The summed E-state index contributed by atoms with van der Waals surface area (Å²) in [5.41, 5.74) is 9.02. The second-order valence-electron chi connectivity index (χ2n) is 18.3. The standard InChI is InChI=1S/C53H54F2N8O4/c1-32-25-35-9-7-8-10-37(35)31-63(32)51(66)46-27-38-30-62(52(67)53(54,55)39-11-15-41(16-12-39)61-23-21-58(4)22-24-61)20-19-36(38)26-45(46)49-48(44-28-42(29-56)59(5)33(44)2)47(34(3)60(49)6)50(65)57-40-13-17-43(64)18-14-40/h7-18,26-28,32,64H,19-25,30-31H2,1-6H3,(H,57,65)/t32-/m1/s1. The van der Waals surface area contributed by atoms with Crippen LogP contribution in [0.1, 0.15) is 72.5 Å². The van der Waals surface area contributed by atoms with Crippen molar-refractivity contribution in [3.63, 3.8) is 0 Å². The fourth-order valence-corrected chi connectivity index (χ4v) is 9.99. The quantitative estimate of drug-likeness (QED) is 0.148. The lowest BCUT2D eigenvalue weighted by Gasteiger charge is -2.36. The third-order valence-electron chi connectivity index (χ3n) is 14.2. The number of phenolic OH excluding ortho intramolecular Hbond substituents is 1. The number of fused-ring (bicyclic) bond motifs is 2. The van der Waals surface area contributed by atoms with Crippen LogP contribution in [-0.2, 0) is 50.7 Å². The number of carbonyl (C=O) groups excluding carboxylic acids is 3. The van der Waals surface area contributed by atoms with Crippen LogP contribution in [-0.4, -0.2) is 92.5 Å². The van der Waals surface area contributed by atoms with Crippen LogP contribution in [0.3, 0.4) is 0 Å². The number of halogens is 2. The van der Waals surface area contributed by atoms with E-state index in [4.69, 9.17) is 0 Å². The first kappa shape index (κ1) is 44.9. The molecule has 2 aromatic heterocycles. The lowest BCUT2D eigenvalue weighted by atomic mass is 9.87. The monoisotopic (exact) mass is 904 g/mol. The minimum Gasteiger partial charge on any atom is -0.508 e. The predicted molar refractivity (Wildman–Crippen MR) is 254 cm³/mol. The van der Waals surface area contributed by atoms with Gasteiger partial charge in [0.2, 0.25) is 0 Å². The molecule has 12 nitrogen and oxygen atoms in total. The van der Waals surface area contributed by atoms with E-state index in [1.165, 1.54) is 29.2 Å². The van der Waals surface area contributed by atoms with E-state index in [0.29, 0.717) is 69.1 Å². The first-order valence-electron chi connectivity index (χ1n) is 22.7. The topological polar surface area (TPSA) is 130 Å². The average Bonchev–Trinajstić information content (AvgIpc) is 3.76. The summed E-state index contributed by atoms with van der Waals surface area (Å²) in [6.07, 6.45) is 0.872. The van der Waals surface area contributed by atoms with E-state index in [1.54, 1.807) is 48.0 Å². The molecule has 344 valence electrons. The maximum absolute atomic E-state index is 16.3. The van der Waals surface area contributed by atoms with E-state index in [9.17, 15) is 20.0 Å². The van der Waals surface area contributed by atoms with Gasteiger partial charge >= 0.3 is 5.92 Å². The Kier molecular flexibility index (Phi) is 11.8. The van der Waals surface area contributed by atoms with Crippen molar-refractivity contribution < 1.29 is 28.3 Å². The number of alkyl halides is 2. The number of nitriles is 1. The first-order chi connectivity index (χ1) is 32.0. The van der Waals surface area contributed by atoms with Gasteiger partial charge in [-0.1, -0.05) is 36.4 Å². The lowest BCUT2D eigenvalue weighted by molar-refractivity contribution is -0.160. The molecule has 0 bridgehead atoms. The number of nitrogens with zero attached hydrogens (tertiary/aromatic N) is 7. The molecule has 14 heteroatoms. The van der Waals surface area contributed by atoms with E-state index in [0.717, 1.165) is 54.3 Å². The van der Waals surface area contributed by atoms with E-state index in [1.807, 2.05) is 61.6 Å². The molecule has 6 aromatic rings. The third-order valence-corrected chi connectivity index (χ3v) is 14.2. The summed E-state index contributed by atoms with van der Waals surface area (Å²) >= 11 is 0. The van der Waals surface area contributed by atoms with Crippen LogP contribution in [0.5, 0.6) is 5.75 Å². The molecule has 3 amide bonds. The van der Waals surface area contributed by atoms with Crippen molar-refractivity contribution in [2.24, 2.45) is 14.1 Å². The van der Waals surface area contributed by atoms with Crippen molar-refractivity contribution in [2.45, 2.75) is 58.7 Å². The molecule has 5 heterocycles. The Morgan fingerprint density at radius 3 is 2.13 bits per heavy atom. The van der Waals surface area contributed by atoms with Gasteiger partial charge in [-0.15, -0.1) is 0 Å². The van der Waals surface area contributed by atoms with Crippen LogP contribution in [0.25, 0.3) is 22.4 Å². The summed E-state index contributed by atoms with van der Waals surface area (Å²) in [5.74, 6) is -5.77. The molecule has 1 fully saturated rings. The number of carbonyl (C=O) groups is 3. The Morgan fingerprint density at radius 1 is 0.776 bits per heavy atom. The highest BCUT2D eigenvalue weighted by molar-refractivity contribution is 6.14. The Bertz CT molecular complexity index is 2980. The summed E-state index contributed by atoms with van der Waals surface area (Å²) < 4.78 is 36.2. The largest absolute Gasteiger partial charge is 0.508 e. The average molecular weight is 905 g/mol. The molecule has 1 atom stereocenters. The molecule has 0 saturated carbocycles. The molecular weight excluding hydrogens is 851 g/mol. The van der Waals surface area contributed by atoms with Gasteiger partial charge < -0.3 is 39.2 Å². The van der Waals surface area contributed by atoms with E-state index in [-0.39, 0.29) is 42.8 Å². The first-order valence-corrected chi connectivity index (χ1v) is 22.7. The maximum atomic E-state index is 16.3. The van der Waals surface area contributed by atoms with Crippen molar-refractivity contribution in [1.29, 1.82) is 5.26 Å². The summed E-state index contributed by atoms with van der Waals surface area (Å²) in [6, 6.07) is 27.7. The molecule has 9 rings (SSSR count). The Hall–Kier alpha value is -7.24. The van der Waals surface area contributed by atoms with Crippen molar-refractivity contribution in [3.8, 4) is 34.2 Å². The van der Waals surface area contributed by atoms with Gasteiger partial charge in [-0.05, 0) is 118 Å². The highest BCUT2D eigenvalue weighted by Gasteiger charge is 2.45. The van der Waals surface area contributed by atoms with Crippen LogP contribution in [0, 0.1) is 25.2 Å². The summed E-state index contributed by atoms with van der Waals surface area (Å²) in [7, 11) is 5.67. The summed E-state index contributed by atoms with van der Waals surface area (Å²) in [4.78, 5) is 51.3. The van der Waals surface area contributed by atoms with Gasteiger partial charge in [-0.25, -0.2) is 0 Å². The molecular formula is C53H54F2N8O4. The van der Waals surface area contributed by atoms with Crippen LogP contribution in [0.15, 0.2) is 91.0 Å². The highest BCUT2D eigenvalue weighted by Crippen LogP contribution is 2.45. The molecule has 67 heavy (non-hydrogen) atoms. The van der Waals surface area contributed by atoms with Crippen LogP contribution < -0.4 is 10.2 Å². The highest BCUT2D eigenvalue weighted by atomic mass is 19.3. The number of hydrogen-bond acceptors (Lipinski definition) is 7. The Morgan fingerprint density at radius 2 is 1.46 bits per heavy atom. The van der Waals surface area contributed by atoms with Gasteiger partial charge in [0.1, 0.15) is 17.5 Å². The fraction of sp³-hybridized carbons (Fsp3) is 0.321. The van der Waals surface area contributed by atoms with Crippen LogP contribution in [0.2, 0.25) is 0 Å². The number of anilines is 2. The van der Waals surface area contributed by atoms with Crippen molar-refractivity contribution in [1.82, 2.24) is 23.8 Å². The lowest BCUT2D eigenvalue weighted by Crippen LogP contribution is -2.45.